The molecule has 3 heterocycles. The second-order valence-electron chi connectivity index (χ2n) is 7.19. The van der Waals surface area contributed by atoms with E-state index in [4.69, 9.17) is 9.47 Å². The number of rotatable bonds is 4. The normalized spacial score (nSPS) is 31.6. The van der Waals surface area contributed by atoms with Crippen molar-refractivity contribution in [1.82, 2.24) is 20.3 Å². The Hall–Kier alpha value is -2.00. The fraction of sp³-hybridized carbons (Fsp3) is 0.765. The Kier molecular flexibility index (Phi) is 4.90. The lowest BCUT2D eigenvalue weighted by molar-refractivity contribution is -0.127. The third kappa shape index (κ3) is 3.21. The van der Waals surface area contributed by atoms with Gasteiger partial charge in [0.25, 0.3) is 0 Å². The minimum absolute atomic E-state index is 0.109. The molecule has 0 radical (unpaired) electrons. The minimum atomic E-state index is -0.531. The highest BCUT2D eigenvalue weighted by molar-refractivity contribution is 5.86. The largest absolute Gasteiger partial charge is 0.464 e. The van der Waals surface area contributed by atoms with Gasteiger partial charge < -0.3 is 19.5 Å². The molecule has 1 aromatic rings. The Morgan fingerprint density at radius 1 is 1.19 bits per heavy atom. The van der Waals surface area contributed by atoms with Crippen molar-refractivity contribution < 1.29 is 23.8 Å². The molecule has 1 aliphatic carbocycles. The van der Waals surface area contributed by atoms with Crippen LogP contribution in [0.5, 0.6) is 0 Å². The summed E-state index contributed by atoms with van der Waals surface area (Å²) in [6.07, 6.45) is 6.50. The number of methoxy groups -OCH3 is 1. The number of carbonyl (C=O) groups is 2. The van der Waals surface area contributed by atoms with Gasteiger partial charge in [0.1, 0.15) is 18.2 Å². The topological polar surface area (TPSA) is 105 Å². The number of amides is 1. The van der Waals surface area contributed by atoms with Crippen LogP contribution in [0.4, 0.5) is 0 Å². The lowest BCUT2D eigenvalue weighted by Crippen LogP contribution is -2.46. The average molecular weight is 364 g/mol. The van der Waals surface area contributed by atoms with E-state index in [0.717, 1.165) is 25.7 Å². The van der Waals surface area contributed by atoms with Gasteiger partial charge in [-0.15, -0.1) is 5.10 Å². The number of aromatic nitrogens is 3. The Morgan fingerprint density at radius 2 is 1.96 bits per heavy atom. The first-order chi connectivity index (χ1) is 12.7. The Morgan fingerprint density at radius 3 is 2.73 bits per heavy atom. The molecule has 1 aromatic heterocycles. The molecule has 9 nitrogen and oxygen atoms in total. The molecule has 2 aliphatic heterocycles. The highest BCUT2D eigenvalue weighted by Crippen LogP contribution is 2.34. The summed E-state index contributed by atoms with van der Waals surface area (Å²) in [5.74, 6) is -0.311. The molecule has 26 heavy (non-hydrogen) atoms. The highest BCUT2D eigenvalue weighted by atomic mass is 16.6. The van der Waals surface area contributed by atoms with E-state index in [1.165, 1.54) is 13.5 Å². The number of ether oxygens (including phenoxy) is 3. The standard InChI is InChI=1S/C17H24N4O5/c1-24-17(23)11-7-21(20-19-11)13-9-26-14-12(8-25-15(13)14)18-16(22)10-5-3-2-4-6-10/h7,10,12-15H,2-6,8-9H2,1H3,(H,18,22). The number of fused-ring (bicyclic) bond motifs is 1. The van der Waals surface area contributed by atoms with E-state index >= 15 is 0 Å². The SMILES string of the molecule is COC(=O)c1cn(C2COC3C(NC(=O)C4CCCCC4)COC32)nn1. The molecule has 1 saturated carbocycles. The van der Waals surface area contributed by atoms with Crippen molar-refractivity contribution in [2.24, 2.45) is 5.92 Å². The van der Waals surface area contributed by atoms with Crippen molar-refractivity contribution in [2.75, 3.05) is 20.3 Å². The zero-order chi connectivity index (χ0) is 18.1. The Bertz CT molecular complexity index is 672. The monoisotopic (exact) mass is 364 g/mol. The second kappa shape index (κ2) is 7.32. The number of nitrogens with one attached hydrogen (secondary N) is 1. The van der Waals surface area contributed by atoms with Crippen molar-refractivity contribution in [3.05, 3.63) is 11.9 Å². The van der Waals surface area contributed by atoms with Crippen LogP contribution in [0.3, 0.4) is 0 Å². The summed E-state index contributed by atoms with van der Waals surface area (Å²) in [4.78, 5) is 24.0. The van der Waals surface area contributed by atoms with Gasteiger partial charge in [-0.2, -0.15) is 0 Å². The summed E-state index contributed by atoms with van der Waals surface area (Å²) in [5, 5.41) is 11.0. The molecule has 1 N–H and O–H groups in total. The predicted molar refractivity (Wildman–Crippen MR) is 88.4 cm³/mol. The maximum absolute atomic E-state index is 12.5. The van der Waals surface area contributed by atoms with Crippen LogP contribution in [-0.4, -0.2) is 65.4 Å². The van der Waals surface area contributed by atoms with Crippen LogP contribution in [0.25, 0.3) is 0 Å². The third-order valence-corrected chi connectivity index (χ3v) is 5.58. The summed E-state index contributed by atoms with van der Waals surface area (Å²) in [5.41, 5.74) is 0.149. The maximum Gasteiger partial charge on any atom is 0.360 e. The minimum Gasteiger partial charge on any atom is -0.464 e. The van der Waals surface area contributed by atoms with Crippen LogP contribution in [-0.2, 0) is 19.0 Å². The van der Waals surface area contributed by atoms with Crippen molar-refractivity contribution >= 4 is 11.9 Å². The lowest BCUT2D eigenvalue weighted by Gasteiger charge is -2.24. The molecule has 3 fully saturated rings. The first-order valence-electron chi connectivity index (χ1n) is 9.21. The van der Waals surface area contributed by atoms with Gasteiger partial charge in [-0.1, -0.05) is 24.5 Å². The van der Waals surface area contributed by atoms with Crippen molar-refractivity contribution in [3.63, 3.8) is 0 Å². The zero-order valence-electron chi connectivity index (χ0n) is 14.8. The van der Waals surface area contributed by atoms with Gasteiger partial charge in [-0.05, 0) is 12.8 Å². The predicted octanol–water partition coefficient (Wildman–Crippen LogP) is 0.468. The van der Waals surface area contributed by atoms with Gasteiger partial charge in [-0.25, -0.2) is 9.48 Å². The van der Waals surface area contributed by atoms with Crippen LogP contribution >= 0.6 is 0 Å². The van der Waals surface area contributed by atoms with Crippen molar-refractivity contribution in [2.45, 2.75) is 56.4 Å². The molecule has 9 heteroatoms. The molecule has 4 unspecified atom stereocenters. The van der Waals surface area contributed by atoms with E-state index in [0.29, 0.717) is 13.2 Å². The Balaban J connectivity index is 1.38. The van der Waals surface area contributed by atoms with Gasteiger partial charge in [0.15, 0.2) is 5.69 Å². The van der Waals surface area contributed by atoms with E-state index in [1.807, 2.05) is 0 Å². The van der Waals surface area contributed by atoms with E-state index in [-0.39, 0.29) is 41.8 Å². The summed E-state index contributed by atoms with van der Waals surface area (Å²) in [6.45, 7) is 0.817. The first kappa shape index (κ1) is 17.4. The molecular formula is C17H24N4O5. The smallest absolute Gasteiger partial charge is 0.360 e. The summed E-state index contributed by atoms with van der Waals surface area (Å²) < 4.78 is 18.0. The molecule has 2 saturated heterocycles. The van der Waals surface area contributed by atoms with Gasteiger partial charge in [-0.3, -0.25) is 4.79 Å². The Labute approximate surface area is 151 Å². The van der Waals surface area contributed by atoms with Crippen LogP contribution in [0.15, 0.2) is 6.20 Å². The van der Waals surface area contributed by atoms with Gasteiger partial charge in [0, 0.05) is 5.92 Å². The molecule has 4 rings (SSSR count). The molecule has 1 amide bonds. The number of hydrogen-bond donors (Lipinski definition) is 1. The molecule has 0 aromatic carbocycles. The molecule has 0 spiro atoms. The number of nitrogens with zero attached hydrogens (tertiary/aromatic N) is 3. The highest BCUT2D eigenvalue weighted by Gasteiger charge is 2.49. The first-order valence-corrected chi connectivity index (χ1v) is 9.21. The van der Waals surface area contributed by atoms with Gasteiger partial charge in [0.05, 0.1) is 32.6 Å². The molecule has 3 aliphatic rings. The maximum atomic E-state index is 12.5. The van der Waals surface area contributed by atoms with Gasteiger partial charge >= 0.3 is 5.97 Å². The van der Waals surface area contributed by atoms with Gasteiger partial charge in [0.2, 0.25) is 5.91 Å². The fourth-order valence-corrected chi connectivity index (χ4v) is 4.13. The number of carbonyl (C=O) groups excluding carboxylic acids is 2. The van der Waals surface area contributed by atoms with Crippen LogP contribution in [0, 0.1) is 5.92 Å². The summed E-state index contributed by atoms with van der Waals surface area (Å²) >= 11 is 0. The summed E-state index contributed by atoms with van der Waals surface area (Å²) in [6, 6.07) is -0.328. The molecule has 4 atom stereocenters. The van der Waals surface area contributed by atoms with Crippen molar-refractivity contribution in [1.29, 1.82) is 0 Å². The van der Waals surface area contributed by atoms with Crippen LogP contribution < -0.4 is 5.32 Å². The lowest BCUT2D eigenvalue weighted by atomic mass is 9.88. The second-order valence-corrected chi connectivity index (χ2v) is 7.19. The van der Waals surface area contributed by atoms with Crippen molar-refractivity contribution in [3.8, 4) is 0 Å². The van der Waals surface area contributed by atoms with Crippen LogP contribution in [0.1, 0.15) is 48.6 Å². The van der Waals surface area contributed by atoms with E-state index in [9.17, 15) is 9.59 Å². The third-order valence-electron chi connectivity index (χ3n) is 5.58. The number of esters is 1. The summed E-state index contributed by atoms with van der Waals surface area (Å²) in [7, 11) is 1.30. The molecule has 0 bridgehead atoms. The number of hydrogen-bond acceptors (Lipinski definition) is 7. The van der Waals surface area contributed by atoms with E-state index < -0.39 is 5.97 Å². The molecule has 142 valence electrons. The fourth-order valence-electron chi connectivity index (χ4n) is 4.13. The molecular weight excluding hydrogens is 340 g/mol. The van der Waals surface area contributed by atoms with E-state index in [2.05, 4.69) is 20.4 Å². The van der Waals surface area contributed by atoms with Crippen LogP contribution in [0.2, 0.25) is 0 Å². The average Bonchev–Trinajstić information content (AvgIpc) is 3.39. The van der Waals surface area contributed by atoms with E-state index in [1.54, 1.807) is 10.9 Å². The quantitative estimate of drug-likeness (QED) is 0.774. The zero-order valence-corrected chi connectivity index (χ0v) is 14.8.